The number of nitrogens with zero attached hydrogens (tertiary/aromatic N) is 4. The third-order valence-electron chi connectivity index (χ3n) is 6.01. The molecule has 0 unspecified atom stereocenters. The van der Waals surface area contributed by atoms with Crippen molar-refractivity contribution >= 4 is 35.3 Å². The van der Waals surface area contributed by atoms with Gasteiger partial charge in [-0.15, -0.1) is 0 Å². The molecule has 0 aliphatic carbocycles. The maximum atomic E-state index is 13.4. The van der Waals surface area contributed by atoms with Crippen molar-refractivity contribution in [3.63, 3.8) is 0 Å². The van der Waals surface area contributed by atoms with Gasteiger partial charge in [-0.2, -0.15) is 5.26 Å². The number of halogens is 1. The predicted molar refractivity (Wildman–Crippen MR) is 156 cm³/mol. The van der Waals surface area contributed by atoms with Crippen molar-refractivity contribution in [2.24, 2.45) is 0 Å². The minimum Gasteiger partial charge on any atom is -0.461 e. The molecule has 1 amide bonds. The Morgan fingerprint density at radius 1 is 0.907 bits per heavy atom. The second-order valence-electron chi connectivity index (χ2n) is 9.09. The Morgan fingerprint density at radius 3 is 2.00 bits per heavy atom. The van der Waals surface area contributed by atoms with E-state index in [-0.39, 0.29) is 35.6 Å². The fourth-order valence-corrected chi connectivity index (χ4v) is 4.00. The molecule has 0 aliphatic heterocycles. The van der Waals surface area contributed by atoms with Gasteiger partial charge in [0.15, 0.2) is 22.4 Å². The molecular formula is C30H32ClN5O7. The van der Waals surface area contributed by atoms with Gasteiger partial charge in [0.2, 0.25) is 0 Å². The summed E-state index contributed by atoms with van der Waals surface area (Å²) in [4.78, 5) is 49.3. The van der Waals surface area contributed by atoms with E-state index in [1.54, 1.807) is 53.4 Å². The maximum absolute atomic E-state index is 13.4. The van der Waals surface area contributed by atoms with Crippen molar-refractivity contribution in [3.8, 4) is 6.07 Å². The summed E-state index contributed by atoms with van der Waals surface area (Å²) in [5, 5.41) is 11.8. The van der Waals surface area contributed by atoms with Crippen molar-refractivity contribution in [3.05, 3.63) is 88.3 Å². The zero-order chi connectivity index (χ0) is 31.0. The summed E-state index contributed by atoms with van der Waals surface area (Å²) >= 11 is 6.25. The maximum Gasteiger partial charge on any atom is 0.329 e. The Bertz CT molecular complexity index is 1400. The Labute approximate surface area is 254 Å². The first-order valence-electron chi connectivity index (χ1n) is 13.3. The molecule has 0 fully saturated rings. The lowest BCUT2D eigenvalue weighted by atomic mass is 10.2. The Hall–Kier alpha value is -4.57. The molecule has 226 valence electrons. The highest BCUT2D eigenvalue weighted by Gasteiger charge is 2.30. The zero-order valence-corrected chi connectivity index (χ0v) is 24.6. The van der Waals surface area contributed by atoms with Gasteiger partial charge < -0.3 is 29.2 Å². The largest absolute Gasteiger partial charge is 0.461 e. The molecule has 43 heavy (non-hydrogen) atoms. The third-order valence-corrected chi connectivity index (χ3v) is 6.28. The van der Waals surface area contributed by atoms with Gasteiger partial charge in [0.1, 0.15) is 25.3 Å². The van der Waals surface area contributed by atoms with Gasteiger partial charge >= 0.3 is 11.9 Å². The number of benzene rings is 2. The quantitative estimate of drug-likeness (QED) is 0.238. The average Bonchev–Trinajstić information content (AvgIpc) is 3.03. The SMILES string of the molecule is COCCN(CCOC)c1nc(C(=O)N[C@H](CC(=O)OCc2ccccc2)C(=O)OCc2ccccc2)c(Cl)nc1C#N. The van der Waals surface area contributed by atoms with Crippen molar-refractivity contribution in [1.82, 2.24) is 15.3 Å². The number of rotatable bonds is 16. The van der Waals surface area contributed by atoms with Crippen LogP contribution in [0.25, 0.3) is 0 Å². The Morgan fingerprint density at radius 2 is 1.47 bits per heavy atom. The van der Waals surface area contributed by atoms with E-state index in [4.69, 9.17) is 30.5 Å². The van der Waals surface area contributed by atoms with Crippen LogP contribution in [0, 0.1) is 11.3 Å². The number of anilines is 1. The molecule has 0 spiro atoms. The molecule has 3 aromatic rings. The summed E-state index contributed by atoms with van der Waals surface area (Å²) in [7, 11) is 3.04. The monoisotopic (exact) mass is 609 g/mol. The molecule has 1 N–H and O–H groups in total. The van der Waals surface area contributed by atoms with E-state index in [1.807, 2.05) is 18.2 Å². The van der Waals surface area contributed by atoms with Crippen LogP contribution < -0.4 is 10.2 Å². The first-order chi connectivity index (χ1) is 20.9. The molecule has 0 saturated heterocycles. The van der Waals surface area contributed by atoms with E-state index < -0.39 is 30.3 Å². The zero-order valence-electron chi connectivity index (χ0n) is 23.8. The smallest absolute Gasteiger partial charge is 0.329 e. The lowest BCUT2D eigenvalue weighted by molar-refractivity contribution is -0.153. The van der Waals surface area contributed by atoms with Crippen LogP contribution in [0.3, 0.4) is 0 Å². The van der Waals surface area contributed by atoms with E-state index in [0.29, 0.717) is 31.9 Å². The van der Waals surface area contributed by atoms with Crippen LogP contribution >= 0.6 is 11.6 Å². The van der Waals surface area contributed by atoms with Crippen LogP contribution in [-0.4, -0.2) is 74.4 Å². The fourth-order valence-electron chi connectivity index (χ4n) is 3.79. The van der Waals surface area contributed by atoms with Gasteiger partial charge in [-0.3, -0.25) is 9.59 Å². The van der Waals surface area contributed by atoms with Crippen LogP contribution in [0.1, 0.15) is 33.7 Å². The van der Waals surface area contributed by atoms with E-state index in [9.17, 15) is 19.6 Å². The number of nitriles is 1. The molecular weight excluding hydrogens is 578 g/mol. The Kier molecular flexibility index (Phi) is 13.3. The number of aromatic nitrogens is 2. The van der Waals surface area contributed by atoms with Crippen LogP contribution in [0.4, 0.5) is 5.82 Å². The number of nitrogens with one attached hydrogen (secondary N) is 1. The summed E-state index contributed by atoms with van der Waals surface area (Å²) in [6, 6.07) is 18.4. The topological polar surface area (TPSA) is 153 Å². The second-order valence-corrected chi connectivity index (χ2v) is 9.45. The van der Waals surface area contributed by atoms with Crippen LogP contribution in [0.2, 0.25) is 5.15 Å². The first kappa shape index (κ1) is 32.9. The molecule has 1 aromatic heterocycles. The Balaban J connectivity index is 1.83. The van der Waals surface area contributed by atoms with Gasteiger partial charge in [-0.05, 0) is 11.1 Å². The number of carbonyl (C=O) groups is 3. The van der Waals surface area contributed by atoms with Crippen LogP contribution in [0.5, 0.6) is 0 Å². The summed E-state index contributed by atoms with van der Waals surface area (Å²) in [6.07, 6.45) is -0.520. The average molecular weight is 610 g/mol. The summed E-state index contributed by atoms with van der Waals surface area (Å²) in [5.74, 6) is -2.43. The minimum atomic E-state index is -1.44. The molecule has 0 saturated carbocycles. The van der Waals surface area contributed by atoms with E-state index in [0.717, 1.165) is 5.56 Å². The van der Waals surface area contributed by atoms with Gasteiger partial charge in [-0.25, -0.2) is 14.8 Å². The molecule has 12 nitrogen and oxygen atoms in total. The van der Waals surface area contributed by atoms with Crippen LogP contribution in [-0.2, 0) is 41.8 Å². The molecule has 0 radical (unpaired) electrons. The van der Waals surface area contributed by atoms with Gasteiger partial charge in [0, 0.05) is 27.3 Å². The number of carbonyl (C=O) groups excluding carboxylic acids is 3. The molecule has 13 heteroatoms. The molecule has 3 rings (SSSR count). The lowest BCUT2D eigenvalue weighted by Gasteiger charge is -2.24. The second kappa shape index (κ2) is 17.4. The summed E-state index contributed by atoms with van der Waals surface area (Å²) in [6.45, 7) is 1.11. The molecule has 0 bridgehead atoms. The summed E-state index contributed by atoms with van der Waals surface area (Å²) in [5.41, 5.74) is 0.998. The van der Waals surface area contributed by atoms with E-state index in [2.05, 4.69) is 15.3 Å². The normalized spacial score (nSPS) is 11.2. The summed E-state index contributed by atoms with van der Waals surface area (Å²) < 4.78 is 21.0. The number of ether oxygens (including phenoxy) is 4. The van der Waals surface area contributed by atoms with Crippen molar-refractivity contribution in [1.29, 1.82) is 5.26 Å². The number of esters is 2. The number of methoxy groups -OCH3 is 2. The number of hydrogen-bond donors (Lipinski definition) is 1. The van der Waals surface area contributed by atoms with Crippen LogP contribution in [0.15, 0.2) is 60.7 Å². The lowest BCUT2D eigenvalue weighted by Crippen LogP contribution is -2.44. The van der Waals surface area contributed by atoms with E-state index in [1.165, 1.54) is 14.2 Å². The van der Waals surface area contributed by atoms with E-state index >= 15 is 0 Å². The van der Waals surface area contributed by atoms with Gasteiger partial charge in [0.25, 0.3) is 5.91 Å². The minimum absolute atomic E-state index is 0.0194. The molecule has 1 heterocycles. The highest BCUT2D eigenvalue weighted by Crippen LogP contribution is 2.22. The number of amides is 1. The van der Waals surface area contributed by atoms with Gasteiger partial charge in [0.05, 0.1) is 19.6 Å². The molecule has 0 aliphatic rings. The van der Waals surface area contributed by atoms with Crippen molar-refractivity contribution in [2.75, 3.05) is 45.4 Å². The standard InChI is InChI=1S/C30H32ClN5O7/c1-40-15-13-36(14-16-41-2)28-24(18-32)33-27(31)26(35-28)29(38)34-23(30(39)43-20-22-11-7-4-8-12-22)17-25(37)42-19-21-9-5-3-6-10-21/h3-12,23H,13-17,19-20H2,1-2H3,(H,34,38)/t23-/m1/s1. The molecule has 2 aromatic carbocycles. The van der Waals surface area contributed by atoms with Crippen molar-refractivity contribution in [2.45, 2.75) is 25.7 Å². The number of hydrogen-bond acceptors (Lipinski definition) is 11. The fraction of sp³-hybridized carbons (Fsp3) is 0.333. The highest BCUT2D eigenvalue weighted by molar-refractivity contribution is 6.32. The highest BCUT2D eigenvalue weighted by atomic mass is 35.5. The van der Waals surface area contributed by atoms with Crippen molar-refractivity contribution < 1.29 is 33.3 Å². The molecule has 1 atom stereocenters. The predicted octanol–water partition coefficient (Wildman–Crippen LogP) is 3.08. The third kappa shape index (κ3) is 10.3. The first-order valence-corrected chi connectivity index (χ1v) is 13.7. The van der Waals surface area contributed by atoms with Gasteiger partial charge in [-0.1, -0.05) is 72.3 Å².